The third-order valence-electron chi connectivity index (χ3n) is 2.72. The average Bonchev–Trinajstić information content (AvgIpc) is 2.68. The molecular formula is C11H18N4O3. The molecule has 0 unspecified atom stereocenters. The Balaban J connectivity index is 3.16. The minimum absolute atomic E-state index is 0.0899. The van der Waals surface area contributed by atoms with Crippen LogP contribution in [0, 0.1) is 10.1 Å². The molecule has 0 bridgehead atoms. The van der Waals surface area contributed by atoms with Crippen molar-refractivity contribution < 1.29 is 9.72 Å². The summed E-state index contributed by atoms with van der Waals surface area (Å²) in [6.07, 6.45) is 3.22. The number of carbonyl (C=O) groups is 1. The molecule has 0 saturated heterocycles. The van der Waals surface area contributed by atoms with Crippen LogP contribution in [0.1, 0.15) is 49.3 Å². The highest BCUT2D eigenvalue weighted by molar-refractivity contribution is 5.95. The Bertz CT molecular complexity index is 453. The Hall–Kier alpha value is -1.92. The summed E-state index contributed by atoms with van der Waals surface area (Å²) in [5.74, 6) is -0.801. The van der Waals surface area contributed by atoms with Crippen molar-refractivity contribution >= 4 is 11.6 Å². The van der Waals surface area contributed by atoms with Gasteiger partial charge in [0.25, 0.3) is 5.91 Å². The maximum Gasteiger partial charge on any atom is 0.323 e. The van der Waals surface area contributed by atoms with Crippen molar-refractivity contribution in [2.24, 2.45) is 5.73 Å². The molecule has 2 N–H and O–H groups in total. The van der Waals surface area contributed by atoms with E-state index < -0.39 is 10.8 Å². The van der Waals surface area contributed by atoms with E-state index in [1.165, 1.54) is 4.68 Å². The van der Waals surface area contributed by atoms with Crippen molar-refractivity contribution in [3.8, 4) is 0 Å². The molecule has 0 saturated carbocycles. The quantitative estimate of drug-likeness (QED) is 0.453. The number of unbranched alkanes of at least 4 members (excludes halogenated alkanes) is 2. The van der Waals surface area contributed by atoms with E-state index in [9.17, 15) is 14.9 Å². The van der Waals surface area contributed by atoms with E-state index in [-0.39, 0.29) is 11.4 Å². The van der Waals surface area contributed by atoms with E-state index in [0.717, 1.165) is 19.3 Å². The normalized spacial score (nSPS) is 10.6. The minimum atomic E-state index is -0.801. The summed E-state index contributed by atoms with van der Waals surface area (Å²) < 4.78 is 1.37. The maximum atomic E-state index is 11.4. The summed E-state index contributed by atoms with van der Waals surface area (Å²) >= 11 is 0. The standard InChI is InChI=1S/C11H18N4O3/c1-3-5-6-7-14-10(11(12)16)9(15(17)18)8(4-2)13-14/h3-7H2,1-2H3,(H2,12,16). The number of hydrogen-bond acceptors (Lipinski definition) is 4. The molecule has 1 aromatic heterocycles. The first-order valence-electron chi connectivity index (χ1n) is 6.06. The Kier molecular flexibility index (Phi) is 4.82. The van der Waals surface area contributed by atoms with Gasteiger partial charge < -0.3 is 5.73 Å². The lowest BCUT2D eigenvalue weighted by Gasteiger charge is -2.03. The molecule has 0 aliphatic rings. The van der Waals surface area contributed by atoms with Crippen LogP contribution in [0.15, 0.2) is 0 Å². The lowest BCUT2D eigenvalue weighted by Crippen LogP contribution is -2.19. The molecule has 7 nitrogen and oxygen atoms in total. The summed E-state index contributed by atoms with van der Waals surface area (Å²) in [6.45, 7) is 4.29. The van der Waals surface area contributed by atoms with Crippen molar-refractivity contribution in [3.63, 3.8) is 0 Å². The van der Waals surface area contributed by atoms with Gasteiger partial charge in [0.2, 0.25) is 5.69 Å². The Morgan fingerprint density at radius 2 is 2.11 bits per heavy atom. The third-order valence-corrected chi connectivity index (χ3v) is 2.72. The molecule has 100 valence electrons. The molecule has 1 rings (SSSR count). The summed E-state index contributed by atoms with van der Waals surface area (Å²) in [7, 11) is 0. The number of nitrogens with two attached hydrogens (primary N) is 1. The number of nitrogens with zero attached hydrogens (tertiary/aromatic N) is 3. The molecule has 18 heavy (non-hydrogen) atoms. The van der Waals surface area contributed by atoms with Gasteiger partial charge in [0.05, 0.1) is 4.92 Å². The van der Waals surface area contributed by atoms with Crippen LogP contribution in [0.2, 0.25) is 0 Å². The molecule has 0 spiro atoms. The molecular weight excluding hydrogens is 236 g/mol. The number of carbonyl (C=O) groups excluding carboxylic acids is 1. The number of aryl methyl sites for hydroxylation is 2. The molecule has 0 radical (unpaired) electrons. The highest BCUT2D eigenvalue weighted by Crippen LogP contribution is 2.24. The molecule has 0 aromatic carbocycles. The van der Waals surface area contributed by atoms with Gasteiger partial charge in [-0.15, -0.1) is 0 Å². The maximum absolute atomic E-state index is 11.4. The van der Waals surface area contributed by atoms with E-state index in [1.54, 1.807) is 6.92 Å². The molecule has 0 atom stereocenters. The van der Waals surface area contributed by atoms with Crippen molar-refractivity contribution in [3.05, 3.63) is 21.5 Å². The second-order valence-corrected chi connectivity index (χ2v) is 4.05. The predicted octanol–water partition coefficient (Wildman–Crippen LogP) is 1.64. The van der Waals surface area contributed by atoms with Gasteiger partial charge in [0.15, 0.2) is 0 Å². The minimum Gasteiger partial charge on any atom is -0.364 e. The average molecular weight is 254 g/mol. The van der Waals surface area contributed by atoms with Crippen LogP contribution in [-0.4, -0.2) is 20.6 Å². The van der Waals surface area contributed by atoms with Gasteiger partial charge in [-0.25, -0.2) is 0 Å². The van der Waals surface area contributed by atoms with Gasteiger partial charge in [0.1, 0.15) is 5.69 Å². The topological polar surface area (TPSA) is 104 Å². The fraction of sp³-hybridized carbons (Fsp3) is 0.636. The third kappa shape index (κ3) is 2.85. The second kappa shape index (κ2) is 6.13. The van der Waals surface area contributed by atoms with Crippen LogP contribution in [0.25, 0.3) is 0 Å². The number of rotatable bonds is 7. The van der Waals surface area contributed by atoms with Crippen LogP contribution >= 0.6 is 0 Å². The van der Waals surface area contributed by atoms with Crippen molar-refractivity contribution in [2.75, 3.05) is 0 Å². The number of aromatic nitrogens is 2. The summed E-state index contributed by atoms with van der Waals surface area (Å²) in [5.41, 5.74) is 5.19. The van der Waals surface area contributed by atoms with Crippen LogP contribution in [0.5, 0.6) is 0 Å². The first-order chi connectivity index (χ1) is 8.52. The second-order valence-electron chi connectivity index (χ2n) is 4.05. The van der Waals surface area contributed by atoms with Gasteiger partial charge in [-0.1, -0.05) is 26.7 Å². The number of primary amides is 1. The zero-order chi connectivity index (χ0) is 13.7. The van der Waals surface area contributed by atoms with E-state index in [1.807, 2.05) is 0 Å². The number of hydrogen-bond donors (Lipinski definition) is 1. The number of nitro groups is 1. The smallest absolute Gasteiger partial charge is 0.323 e. The van der Waals surface area contributed by atoms with E-state index in [0.29, 0.717) is 18.7 Å². The summed E-state index contributed by atoms with van der Waals surface area (Å²) in [4.78, 5) is 21.8. The highest BCUT2D eigenvalue weighted by Gasteiger charge is 2.29. The Morgan fingerprint density at radius 3 is 2.56 bits per heavy atom. The van der Waals surface area contributed by atoms with Gasteiger partial charge in [-0.3, -0.25) is 19.6 Å². The summed E-state index contributed by atoms with van der Waals surface area (Å²) in [5, 5.41) is 15.1. The molecule has 1 aromatic rings. The molecule has 0 aliphatic carbocycles. The molecule has 1 amide bonds. The zero-order valence-electron chi connectivity index (χ0n) is 10.7. The van der Waals surface area contributed by atoms with Crippen LogP contribution in [0.4, 0.5) is 5.69 Å². The van der Waals surface area contributed by atoms with Gasteiger partial charge in [0, 0.05) is 6.54 Å². The predicted molar refractivity (Wildman–Crippen MR) is 66.3 cm³/mol. The van der Waals surface area contributed by atoms with Crippen LogP contribution in [0.3, 0.4) is 0 Å². The zero-order valence-corrected chi connectivity index (χ0v) is 10.7. The molecule has 0 aliphatic heterocycles. The summed E-state index contributed by atoms with van der Waals surface area (Å²) in [6, 6.07) is 0. The van der Waals surface area contributed by atoms with Crippen molar-refractivity contribution in [2.45, 2.75) is 46.1 Å². The largest absolute Gasteiger partial charge is 0.364 e. The van der Waals surface area contributed by atoms with E-state index in [2.05, 4.69) is 12.0 Å². The first kappa shape index (κ1) is 14.1. The SMILES string of the molecule is CCCCCn1nc(CC)c([N+](=O)[O-])c1C(N)=O. The molecule has 0 fully saturated rings. The first-order valence-corrected chi connectivity index (χ1v) is 6.06. The monoisotopic (exact) mass is 254 g/mol. The molecule has 7 heteroatoms. The number of amides is 1. The van der Waals surface area contributed by atoms with Crippen molar-refractivity contribution in [1.29, 1.82) is 0 Å². The fourth-order valence-electron chi connectivity index (χ4n) is 1.85. The van der Waals surface area contributed by atoms with Crippen LogP contribution in [-0.2, 0) is 13.0 Å². The Morgan fingerprint density at radius 1 is 1.44 bits per heavy atom. The Labute approximate surface area is 105 Å². The van der Waals surface area contributed by atoms with Gasteiger partial charge in [-0.05, 0) is 12.8 Å². The lowest BCUT2D eigenvalue weighted by molar-refractivity contribution is -0.385. The van der Waals surface area contributed by atoms with Crippen molar-refractivity contribution in [1.82, 2.24) is 9.78 Å². The van der Waals surface area contributed by atoms with Gasteiger partial charge in [-0.2, -0.15) is 5.10 Å². The van der Waals surface area contributed by atoms with Crippen LogP contribution < -0.4 is 5.73 Å². The highest BCUT2D eigenvalue weighted by atomic mass is 16.6. The van der Waals surface area contributed by atoms with E-state index in [4.69, 9.17) is 5.73 Å². The fourth-order valence-corrected chi connectivity index (χ4v) is 1.85. The molecule has 1 heterocycles. The lowest BCUT2D eigenvalue weighted by atomic mass is 10.2. The van der Waals surface area contributed by atoms with Gasteiger partial charge >= 0.3 is 5.69 Å². The van der Waals surface area contributed by atoms with E-state index >= 15 is 0 Å².